The van der Waals surface area contributed by atoms with Crippen molar-refractivity contribution >= 4 is 28.8 Å². The van der Waals surface area contributed by atoms with Gasteiger partial charge in [0, 0.05) is 42.6 Å². The topological polar surface area (TPSA) is 71.8 Å². The summed E-state index contributed by atoms with van der Waals surface area (Å²) in [6.07, 6.45) is 5.21. The van der Waals surface area contributed by atoms with Gasteiger partial charge in [-0.25, -0.2) is 13.9 Å². The highest BCUT2D eigenvalue weighted by Crippen LogP contribution is 2.29. The molecule has 1 aliphatic heterocycles. The summed E-state index contributed by atoms with van der Waals surface area (Å²) < 4.78 is 20.5. The molecule has 0 radical (unpaired) electrons. The molecule has 0 unspecified atom stereocenters. The Morgan fingerprint density at radius 2 is 2.14 bits per heavy atom. The molecule has 5 rings (SSSR count). The average Bonchev–Trinajstić information content (AvgIpc) is 3.33. The van der Waals surface area contributed by atoms with Crippen molar-refractivity contribution in [2.24, 2.45) is 5.92 Å². The fourth-order valence-electron chi connectivity index (χ4n) is 4.45. The molecule has 9 heteroatoms. The van der Waals surface area contributed by atoms with Crippen LogP contribution >= 0.6 is 11.6 Å². The van der Waals surface area contributed by atoms with Gasteiger partial charge in [0.1, 0.15) is 17.1 Å². The van der Waals surface area contributed by atoms with Crippen molar-refractivity contribution in [1.82, 2.24) is 19.9 Å². The van der Waals surface area contributed by atoms with Gasteiger partial charge in [-0.3, -0.25) is 4.79 Å². The summed E-state index contributed by atoms with van der Waals surface area (Å²) in [6, 6.07) is 14.0. The molecule has 2 aromatic heterocycles. The number of hydrogen-bond acceptors (Lipinski definition) is 5. The lowest BCUT2D eigenvalue weighted by Crippen LogP contribution is -2.43. The molecule has 2 aromatic carbocycles. The predicted octanol–water partition coefficient (Wildman–Crippen LogP) is 4.73. The van der Waals surface area contributed by atoms with E-state index in [1.807, 2.05) is 41.0 Å². The minimum absolute atomic E-state index is 0.0485. The monoisotopic (exact) mass is 493 g/mol. The van der Waals surface area contributed by atoms with Gasteiger partial charge in [-0.05, 0) is 48.7 Å². The van der Waals surface area contributed by atoms with Gasteiger partial charge in [-0.15, -0.1) is 0 Å². The third-order valence-electron chi connectivity index (χ3n) is 6.29. The second-order valence-electron chi connectivity index (χ2n) is 8.58. The molecule has 1 fully saturated rings. The van der Waals surface area contributed by atoms with Crippen molar-refractivity contribution in [1.29, 1.82) is 0 Å². The van der Waals surface area contributed by atoms with Crippen LogP contribution in [0, 0.1) is 11.7 Å². The van der Waals surface area contributed by atoms with Crippen molar-refractivity contribution in [2.45, 2.75) is 19.4 Å². The van der Waals surface area contributed by atoms with Gasteiger partial charge < -0.3 is 15.0 Å². The predicted molar refractivity (Wildman–Crippen MR) is 133 cm³/mol. The Morgan fingerprint density at radius 1 is 1.26 bits per heavy atom. The van der Waals surface area contributed by atoms with Crippen LogP contribution in [0.15, 0.2) is 60.9 Å². The van der Waals surface area contributed by atoms with Crippen LogP contribution in [0.4, 0.5) is 10.2 Å². The van der Waals surface area contributed by atoms with Gasteiger partial charge in [-0.1, -0.05) is 29.8 Å². The Labute approximate surface area is 207 Å². The van der Waals surface area contributed by atoms with Crippen LogP contribution < -0.4 is 15.0 Å². The highest BCUT2D eigenvalue weighted by molar-refractivity contribution is 6.31. The molecule has 0 bridgehead atoms. The van der Waals surface area contributed by atoms with Gasteiger partial charge >= 0.3 is 0 Å². The number of nitrogens with zero attached hydrogens (tertiary/aromatic N) is 4. The summed E-state index contributed by atoms with van der Waals surface area (Å²) in [6.45, 7) is 1.62. The van der Waals surface area contributed by atoms with Crippen molar-refractivity contribution in [3.63, 3.8) is 0 Å². The van der Waals surface area contributed by atoms with Crippen molar-refractivity contribution in [3.05, 3.63) is 77.3 Å². The minimum Gasteiger partial charge on any atom is -0.497 e. The zero-order chi connectivity index (χ0) is 24.4. The van der Waals surface area contributed by atoms with Crippen LogP contribution in [0.25, 0.3) is 16.8 Å². The number of benzene rings is 2. The SMILES string of the molecule is COc1cccc(-c2cc3c(N4CCC[C@@H](C(=O)NCc5ccc(F)cc5Cl)C4)nccn3n2)c1. The minimum atomic E-state index is -0.399. The van der Waals surface area contributed by atoms with E-state index in [0.717, 1.165) is 47.7 Å². The van der Waals surface area contributed by atoms with Crippen LogP contribution in [-0.4, -0.2) is 40.7 Å². The third-order valence-corrected chi connectivity index (χ3v) is 6.65. The maximum absolute atomic E-state index is 13.3. The first-order chi connectivity index (χ1) is 17.0. The number of amides is 1. The maximum atomic E-state index is 13.3. The first kappa shape index (κ1) is 23.1. The molecule has 4 aromatic rings. The lowest BCUT2D eigenvalue weighted by molar-refractivity contribution is -0.125. The quantitative estimate of drug-likeness (QED) is 0.420. The summed E-state index contributed by atoms with van der Waals surface area (Å²) in [7, 11) is 1.64. The van der Waals surface area contributed by atoms with Gasteiger partial charge in [0.2, 0.25) is 5.91 Å². The molecule has 35 heavy (non-hydrogen) atoms. The van der Waals surface area contributed by atoms with Gasteiger partial charge in [0.05, 0.1) is 18.7 Å². The summed E-state index contributed by atoms with van der Waals surface area (Å²) >= 11 is 6.10. The number of fused-ring (bicyclic) bond motifs is 1. The van der Waals surface area contributed by atoms with Crippen molar-refractivity contribution in [3.8, 4) is 17.0 Å². The molecule has 1 atom stereocenters. The number of ether oxygens (including phenoxy) is 1. The van der Waals surface area contributed by atoms with E-state index < -0.39 is 5.82 Å². The van der Waals surface area contributed by atoms with Crippen molar-refractivity contribution < 1.29 is 13.9 Å². The Kier molecular flexibility index (Phi) is 6.55. The number of halogens is 2. The number of methoxy groups -OCH3 is 1. The zero-order valence-corrected chi connectivity index (χ0v) is 20.0. The number of aromatic nitrogens is 3. The molecule has 180 valence electrons. The molecule has 1 amide bonds. The smallest absolute Gasteiger partial charge is 0.225 e. The van der Waals surface area contributed by atoms with E-state index in [9.17, 15) is 9.18 Å². The van der Waals surface area contributed by atoms with E-state index in [1.165, 1.54) is 12.1 Å². The molecule has 7 nitrogen and oxygen atoms in total. The van der Waals surface area contributed by atoms with Crippen LogP contribution in [0.5, 0.6) is 5.75 Å². The maximum Gasteiger partial charge on any atom is 0.225 e. The van der Waals surface area contributed by atoms with E-state index in [2.05, 4.69) is 15.2 Å². The first-order valence-corrected chi connectivity index (χ1v) is 11.8. The van der Waals surface area contributed by atoms with Crippen LogP contribution in [0.1, 0.15) is 18.4 Å². The van der Waals surface area contributed by atoms with E-state index in [-0.39, 0.29) is 18.4 Å². The molecule has 1 saturated heterocycles. The highest BCUT2D eigenvalue weighted by Gasteiger charge is 2.28. The number of anilines is 1. The molecular weight excluding hydrogens is 469 g/mol. The molecule has 3 heterocycles. The van der Waals surface area contributed by atoms with Crippen molar-refractivity contribution in [2.75, 3.05) is 25.1 Å². The number of hydrogen-bond donors (Lipinski definition) is 1. The van der Waals surface area contributed by atoms with E-state index in [4.69, 9.17) is 21.4 Å². The largest absolute Gasteiger partial charge is 0.497 e. The van der Waals surface area contributed by atoms with Crippen LogP contribution in [-0.2, 0) is 11.3 Å². The molecule has 0 spiro atoms. The normalized spacial score (nSPS) is 15.9. The Morgan fingerprint density at radius 3 is 2.97 bits per heavy atom. The second-order valence-corrected chi connectivity index (χ2v) is 8.99. The summed E-state index contributed by atoms with van der Waals surface area (Å²) in [5.74, 6) is 0.931. The second kappa shape index (κ2) is 9.92. The summed E-state index contributed by atoms with van der Waals surface area (Å²) in [4.78, 5) is 19.7. The first-order valence-electron chi connectivity index (χ1n) is 11.5. The van der Waals surface area contributed by atoms with Crippen LogP contribution in [0.2, 0.25) is 5.02 Å². The molecular formula is C26H25ClFN5O2. The van der Waals surface area contributed by atoms with Gasteiger partial charge in [-0.2, -0.15) is 5.10 Å². The Balaban J connectivity index is 1.33. The molecule has 1 aliphatic rings. The average molecular weight is 494 g/mol. The van der Waals surface area contributed by atoms with Gasteiger partial charge in [0.15, 0.2) is 5.82 Å². The number of carbonyl (C=O) groups excluding carboxylic acids is 1. The molecule has 1 N–H and O–H groups in total. The molecule has 0 aliphatic carbocycles. The number of nitrogens with one attached hydrogen (secondary N) is 1. The zero-order valence-electron chi connectivity index (χ0n) is 19.2. The highest BCUT2D eigenvalue weighted by atomic mass is 35.5. The summed E-state index contributed by atoms with van der Waals surface area (Å²) in [5.41, 5.74) is 3.34. The molecule has 0 saturated carbocycles. The number of carbonyl (C=O) groups is 1. The Hall–Kier alpha value is -3.65. The number of rotatable bonds is 6. The van der Waals surface area contributed by atoms with Crippen LogP contribution in [0.3, 0.4) is 0 Å². The standard InChI is InChI=1S/C26H25ClFN5O2/c1-35-21-6-2-4-17(12-21)23-14-24-25(29-9-11-33(24)31-23)32-10-3-5-19(16-32)26(34)30-15-18-7-8-20(28)13-22(18)27/h2,4,6-9,11-14,19H,3,5,10,15-16H2,1H3,(H,30,34)/t19-/m1/s1. The lowest BCUT2D eigenvalue weighted by atomic mass is 9.97. The third kappa shape index (κ3) is 4.93. The Bertz CT molecular complexity index is 1380. The lowest BCUT2D eigenvalue weighted by Gasteiger charge is -2.33. The number of piperidine rings is 1. The van der Waals surface area contributed by atoms with E-state index in [0.29, 0.717) is 17.1 Å². The van der Waals surface area contributed by atoms with E-state index >= 15 is 0 Å². The summed E-state index contributed by atoms with van der Waals surface area (Å²) in [5, 5.41) is 7.98. The van der Waals surface area contributed by atoms with Gasteiger partial charge in [0.25, 0.3) is 0 Å². The fraction of sp³-hybridized carbons (Fsp3) is 0.269. The fourth-order valence-corrected chi connectivity index (χ4v) is 4.68. The van der Waals surface area contributed by atoms with E-state index in [1.54, 1.807) is 19.4 Å².